The number of ether oxygens (including phenoxy) is 2. The molecule has 0 aliphatic carbocycles. The Labute approximate surface area is 135 Å². The molecular weight excluding hydrogens is 298 g/mol. The Bertz CT molecular complexity index is 605. The van der Waals surface area contributed by atoms with Crippen LogP contribution < -0.4 is 14.8 Å². The molecule has 2 aliphatic heterocycles. The molecule has 23 heavy (non-hydrogen) atoms. The lowest BCUT2D eigenvalue weighted by atomic mass is 10.2. The standard InChI is InChI=1S/C16H21N3O4/c1-12(20)19-6-2-5-18(7-8-19)10-16(21)17-13-3-4-14-15(9-13)23-11-22-14/h3-4,9H,2,5-8,10-11H2,1H3,(H,17,21). The van der Waals surface area contributed by atoms with Gasteiger partial charge in [0.05, 0.1) is 6.54 Å². The van der Waals surface area contributed by atoms with Crippen LogP contribution in [0.4, 0.5) is 5.69 Å². The topological polar surface area (TPSA) is 71.1 Å². The van der Waals surface area contributed by atoms with Crippen molar-refractivity contribution in [1.82, 2.24) is 9.80 Å². The minimum atomic E-state index is -0.0693. The number of nitrogens with one attached hydrogen (secondary N) is 1. The quantitative estimate of drug-likeness (QED) is 0.896. The lowest BCUT2D eigenvalue weighted by Gasteiger charge is -2.20. The second-order valence-corrected chi connectivity index (χ2v) is 5.75. The molecule has 1 fully saturated rings. The Morgan fingerprint density at radius 1 is 1.13 bits per heavy atom. The van der Waals surface area contributed by atoms with E-state index in [1.807, 2.05) is 4.90 Å². The Balaban J connectivity index is 1.52. The van der Waals surface area contributed by atoms with Crippen LogP contribution >= 0.6 is 0 Å². The number of carbonyl (C=O) groups excluding carboxylic acids is 2. The maximum Gasteiger partial charge on any atom is 0.238 e. The first-order valence-electron chi connectivity index (χ1n) is 7.79. The molecule has 2 amide bonds. The molecule has 1 saturated heterocycles. The molecule has 1 aromatic rings. The van der Waals surface area contributed by atoms with E-state index >= 15 is 0 Å². The zero-order valence-electron chi connectivity index (χ0n) is 13.2. The number of hydrogen-bond acceptors (Lipinski definition) is 5. The van der Waals surface area contributed by atoms with E-state index in [4.69, 9.17) is 9.47 Å². The molecule has 7 heteroatoms. The van der Waals surface area contributed by atoms with Crippen LogP contribution in [0.5, 0.6) is 11.5 Å². The molecule has 0 spiro atoms. The number of benzene rings is 1. The van der Waals surface area contributed by atoms with Gasteiger partial charge in [-0.3, -0.25) is 14.5 Å². The number of anilines is 1. The van der Waals surface area contributed by atoms with Crippen LogP contribution in [-0.4, -0.2) is 61.1 Å². The summed E-state index contributed by atoms with van der Waals surface area (Å²) in [5, 5.41) is 2.88. The van der Waals surface area contributed by atoms with Gasteiger partial charge in [0.2, 0.25) is 18.6 Å². The maximum atomic E-state index is 12.2. The number of rotatable bonds is 3. The van der Waals surface area contributed by atoms with Gasteiger partial charge in [-0.15, -0.1) is 0 Å². The highest BCUT2D eigenvalue weighted by Gasteiger charge is 2.19. The summed E-state index contributed by atoms with van der Waals surface area (Å²) in [6.45, 7) is 5.09. The monoisotopic (exact) mass is 319 g/mol. The smallest absolute Gasteiger partial charge is 0.238 e. The van der Waals surface area contributed by atoms with Crippen molar-refractivity contribution >= 4 is 17.5 Å². The molecule has 7 nitrogen and oxygen atoms in total. The van der Waals surface area contributed by atoms with Gasteiger partial charge < -0.3 is 19.7 Å². The van der Waals surface area contributed by atoms with Gasteiger partial charge in [-0.05, 0) is 18.6 Å². The van der Waals surface area contributed by atoms with Gasteiger partial charge in [0.1, 0.15) is 0 Å². The van der Waals surface area contributed by atoms with Crippen LogP contribution in [0.25, 0.3) is 0 Å². The molecule has 1 aromatic carbocycles. The summed E-state index contributed by atoms with van der Waals surface area (Å²) in [5.41, 5.74) is 0.694. The third kappa shape index (κ3) is 3.92. The molecule has 124 valence electrons. The van der Waals surface area contributed by atoms with Crippen molar-refractivity contribution < 1.29 is 19.1 Å². The molecule has 0 aromatic heterocycles. The zero-order chi connectivity index (χ0) is 16.2. The Morgan fingerprint density at radius 3 is 2.78 bits per heavy atom. The minimum Gasteiger partial charge on any atom is -0.454 e. The fraction of sp³-hybridized carbons (Fsp3) is 0.500. The molecule has 0 atom stereocenters. The molecule has 1 N–H and O–H groups in total. The molecule has 2 aliphatic rings. The van der Waals surface area contributed by atoms with Crippen LogP contribution in [0.2, 0.25) is 0 Å². The first-order chi connectivity index (χ1) is 11.1. The molecule has 0 saturated carbocycles. The fourth-order valence-corrected chi connectivity index (χ4v) is 2.82. The number of hydrogen-bond donors (Lipinski definition) is 1. The summed E-state index contributed by atoms with van der Waals surface area (Å²) in [6, 6.07) is 5.35. The number of carbonyl (C=O) groups is 2. The average Bonchev–Trinajstić information content (AvgIpc) is 2.84. The van der Waals surface area contributed by atoms with Gasteiger partial charge in [0.25, 0.3) is 0 Å². The van der Waals surface area contributed by atoms with E-state index < -0.39 is 0 Å². The number of nitrogens with zero attached hydrogens (tertiary/aromatic N) is 2. The third-order valence-corrected chi connectivity index (χ3v) is 4.06. The molecule has 0 bridgehead atoms. The summed E-state index contributed by atoms with van der Waals surface area (Å²) >= 11 is 0. The maximum absolute atomic E-state index is 12.2. The molecule has 0 unspecified atom stereocenters. The first kappa shape index (κ1) is 15.6. The van der Waals surface area contributed by atoms with Crippen LogP contribution in [-0.2, 0) is 9.59 Å². The first-order valence-corrected chi connectivity index (χ1v) is 7.79. The van der Waals surface area contributed by atoms with E-state index in [-0.39, 0.29) is 18.6 Å². The lowest BCUT2D eigenvalue weighted by Crippen LogP contribution is -2.37. The van der Waals surface area contributed by atoms with E-state index in [2.05, 4.69) is 10.2 Å². The third-order valence-electron chi connectivity index (χ3n) is 4.06. The van der Waals surface area contributed by atoms with Crippen molar-refractivity contribution in [3.05, 3.63) is 18.2 Å². The van der Waals surface area contributed by atoms with Crippen LogP contribution in [0.3, 0.4) is 0 Å². The van der Waals surface area contributed by atoms with Crippen LogP contribution in [0, 0.1) is 0 Å². The number of amides is 2. The highest BCUT2D eigenvalue weighted by atomic mass is 16.7. The van der Waals surface area contributed by atoms with E-state index in [0.29, 0.717) is 36.8 Å². The van der Waals surface area contributed by atoms with Crippen molar-refractivity contribution in [2.75, 3.05) is 44.8 Å². The second kappa shape index (κ2) is 6.87. The SMILES string of the molecule is CC(=O)N1CCCN(CC(=O)Nc2ccc3c(c2)OCO3)CC1. The average molecular weight is 319 g/mol. The normalized spacial score (nSPS) is 17.7. The Hall–Kier alpha value is -2.28. The molecular formula is C16H21N3O4. The minimum absolute atomic E-state index is 0.0693. The molecule has 3 rings (SSSR count). The van der Waals surface area contributed by atoms with Crippen molar-refractivity contribution in [2.45, 2.75) is 13.3 Å². The van der Waals surface area contributed by atoms with Crippen molar-refractivity contribution in [2.24, 2.45) is 0 Å². The summed E-state index contributed by atoms with van der Waals surface area (Å²) in [5.74, 6) is 1.37. The number of fused-ring (bicyclic) bond motifs is 1. The highest BCUT2D eigenvalue weighted by Crippen LogP contribution is 2.34. The van der Waals surface area contributed by atoms with Crippen LogP contribution in [0.15, 0.2) is 18.2 Å². The Morgan fingerprint density at radius 2 is 1.96 bits per heavy atom. The Kier molecular flexibility index (Phi) is 4.66. The van der Waals surface area contributed by atoms with E-state index in [1.54, 1.807) is 25.1 Å². The largest absolute Gasteiger partial charge is 0.454 e. The molecule has 2 heterocycles. The predicted octanol–water partition coefficient (Wildman–Crippen LogP) is 0.908. The van der Waals surface area contributed by atoms with Gasteiger partial charge in [-0.2, -0.15) is 0 Å². The highest BCUT2D eigenvalue weighted by molar-refractivity contribution is 5.92. The van der Waals surface area contributed by atoms with E-state index in [1.165, 1.54) is 0 Å². The lowest BCUT2D eigenvalue weighted by molar-refractivity contribution is -0.128. The second-order valence-electron chi connectivity index (χ2n) is 5.75. The van der Waals surface area contributed by atoms with Gasteiger partial charge in [0.15, 0.2) is 11.5 Å². The summed E-state index contributed by atoms with van der Waals surface area (Å²) < 4.78 is 10.5. The predicted molar refractivity (Wildman–Crippen MR) is 84.5 cm³/mol. The summed E-state index contributed by atoms with van der Waals surface area (Å²) in [7, 11) is 0. The van der Waals surface area contributed by atoms with Gasteiger partial charge in [0, 0.05) is 44.9 Å². The van der Waals surface area contributed by atoms with Gasteiger partial charge in [-0.1, -0.05) is 0 Å². The summed E-state index contributed by atoms with van der Waals surface area (Å²) in [4.78, 5) is 27.5. The van der Waals surface area contributed by atoms with Gasteiger partial charge >= 0.3 is 0 Å². The van der Waals surface area contributed by atoms with Gasteiger partial charge in [-0.25, -0.2) is 0 Å². The fourth-order valence-electron chi connectivity index (χ4n) is 2.82. The summed E-state index contributed by atoms with van der Waals surface area (Å²) in [6.07, 6.45) is 0.886. The van der Waals surface area contributed by atoms with Crippen molar-refractivity contribution in [3.63, 3.8) is 0 Å². The van der Waals surface area contributed by atoms with Crippen molar-refractivity contribution in [3.8, 4) is 11.5 Å². The van der Waals surface area contributed by atoms with E-state index in [9.17, 15) is 9.59 Å². The van der Waals surface area contributed by atoms with Crippen LogP contribution in [0.1, 0.15) is 13.3 Å². The molecule has 0 radical (unpaired) electrons. The zero-order valence-corrected chi connectivity index (χ0v) is 13.2. The van der Waals surface area contributed by atoms with E-state index in [0.717, 1.165) is 19.5 Å². The van der Waals surface area contributed by atoms with Crippen molar-refractivity contribution in [1.29, 1.82) is 0 Å².